The standard InChI is InChI=1S/C16H21BrFN3/c1-4-15(19)8-16-10(2)20-21(11(16)3)9-12-5-13(17)7-14(18)6-12/h5-7,15H,4,8-9,19H2,1-3H3. The van der Waals surface area contributed by atoms with Crippen molar-refractivity contribution in [2.24, 2.45) is 5.73 Å². The Kier molecular flexibility index (Phi) is 5.17. The van der Waals surface area contributed by atoms with E-state index >= 15 is 0 Å². The van der Waals surface area contributed by atoms with E-state index in [4.69, 9.17) is 5.73 Å². The van der Waals surface area contributed by atoms with Crippen LogP contribution in [0.2, 0.25) is 0 Å². The lowest BCUT2D eigenvalue weighted by molar-refractivity contribution is 0.613. The van der Waals surface area contributed by atoms with Crippen molar-refractivity contribution in [3.8, 4) is 0 Å². The molecule has 1 atom stereocenters. The van der Waals surface area contributed by atoms with Gasteiger partial charge in [-0.15, -0.1) is 0 Å². The van der Waals surface area contributed by atoms with Gasteiger partial charge in [0.05, 0.1) is 12.2 Å². The number of halogens is 2. The SMILES string of the molecule is CCC(N)Cc1c(C)nn(Cc2cc(F)cc(Br)c2)c1C. The Labute approximate surface area is 133 Å². The molecule has 0 radical (unpaired) electrons. The van der Waals surface area contributed by atoms with Gasteiger partial charge in [-0.1, -0.05) is 22.9 Å². The monoisotopic (exact) mass is 353 g/mol. The first-order valence-corrected chi connectivity index (χ1v) is 7.93. The van der Waals surface area contributed by atoms with Crippen molar-refractivity contribution in [1.29, 1.82) is 0 Å². The van der Waals surface area contributed by atoms with Crippen LogP contribution in [-0.2, 0) is 13.0 Å². The van der Waals surface area contributed by atoms with E-state index in [-0.39, 0.29) is 11.9 Å². The topological polar surface area (TPSA) is 43.8 Å². The van der Waals surface area contributed by atoms with Gasteiger partial charge in [0.15, 0.2) is 0 Å². The Hall–Kier alpha value is -1.20. The van der Waals surface area contributed by atoms with Gasteiger partial charge in [0, 0.05) is 16.2 Å². The molecule has 0 saturated heterocycles. The van der Waals surface area contributed by atoms with Gasteiger partial charge in [0.2, 0.25) is 0 Å². The van der Waals surface area contributed by atoms with Crippen LogP contribution in [0.4, 0.5) is 4.39 Å². The Balaban J connectivity index is 2.27. The molecule has 3 nitrogen and oxygen atoms in total. The molecule has 2 aromatic rings. The number of benzene rings is 1. The third-order valence-corrected chi connectivity index (χ3v) is 4.23. The van der Waals surface area contributed by atoms with Crippen LogP contribution in [0.15, 0.2) is 22.7 Å². The lowest BCUT2D eigenvalue weighted by atomic mass is 10.0. The van der Waals surface area contributed by atoms with Gasteiger partial charge in [0.1, 0.15) is 5.82 Å². The summed E-state index contributed by atoms with van der Waals surface area (Å²) in [6.07, 6.45) is 1.78. The quantitative estimate of drug-likeness (QED) is 0.889. The number of nitrogens with two attached hydrogens (primary N) is 1. The van der Waals surface area contributed by atoms with Crippen LogP contribution in [0.25, 0.3) is 0 Å². The third-order valence-electron chi connectivity index (χ3n) is 3.78. The zero-order chi connectivity index (χ0) is 15.6. The van der Waals surface area contributed by atoms with Gasteiger partial charge in [-0.2, -0.15) is 5.10 Å². The first kappa shape index (κ1) is 16.2. The summed E-state index contributed by atoms with van der Waals surface area (Å²) in [4.78, 5) is 0. The fraction of sp³-hybridized carbons (Fsp3) is 0.438. The van der Waals surface area contributed by atoms with E-state index in [9.17, 15) is 4.39 Å². The number of aryl methyl sites for hydroxylation is 1. The molecule has 5 heteroatoms. The molecule has 114 valence electrons. The summed E-state index contributed by atoms with van der Waals surface area (Å²) in [5, 5.41) is 4.58. The Morgan fingerprint density at radius 1 is 1.33 bits per heavy atom. The summed E-state index contributed by atoms with van der Waals surface area (Å²) in [5.74, 6) is -0.242. The van der Waals surface area contributed by atoms with Crippen molar-refractivity contribution in [3.63, 3.8) is 0 Å². The highest BCUT2D eigenvalue weighted by Crippen LogP contribution is 2.19. The average Bonchev–Trinajstić information content (AvgIpc) is 2.65. The fourth-order valence-electron chi connectivity index (χ4n) is 2.47. The molecule has 1 aromatic carbocycles. The molecule has 1 heterocycles. The molecule has 0 spiro atoms. The normalized spacial score (nSPS) is 12.7. The Morgan fingerprint density at radius 2 is 2.05 bits per heavy atom. The molecule has 2 N–H and O–H groups in total. The second kappa shape index (κ2) is 6.71. The Morgan fingerprint density at radius 3 is 2.67 bits per heavy atom. The molecule has 0 amide bonds. The van der Waals surface area contributed by atoms with Gasteiger partial charge in [0.25, 0.3) is 0 Å². The Bertz CT molecular complexity index is 616. The summed E-state index contributed by atoms with van der Waals surface area (Å²) in [6.45, 7) is 6.70. The largest absolute Gasteiger partial charge is 0.327 e. The molecule has 0 bridgehead atoms. The summed E-state index contributed by atoms with van der Waals surface area (Å²) in [5.41, 5.74) is 10.3. The maximum absolute atomic E-state index is 13.5. The van der Waals surface area contributed by atoms with E-state index in [0.717, 1.165) is 34.3 Å². The van der Waals surface area contributed by atoms with Crippen molar-refractivity contribution >= 4 is 15.9 Å². The predicted octanol–water partition coefficient (Wildman–Crippen LogP) is 3.73. The molecule has 1 unspecified atom stereocenters. The maximum atomic E-state index is 13.5. The zero-order valence-corrected chi connectivity index (χ0v) is 14.2. The minimum atomic E-state index is -0.242. The van der Waals surface area contributed by atoms with Crippen LogP contribution in [0.5, 0.6) is 0 Å². The minimum absolute atomic E-state index is 0.156. The summed E-state index contributed by atoms with van der Waals surface area (Å²) in [6, 6.07) is 5.06. The van der Waals surface area contributed by atoms with Gasteiger partial charge in [-0.05, 0) is 56.0 Å². The van der Waals surface area contributed by atoms with E-state index in [1.54, 1.807) is 6.07 Å². The number of hydrogen-bond acceptors (Lipinski definition) is 2. The third kappa shape index (κ3) is 3.92. The van der Waals surface area contributed by atoms with Crippen molar-refractivity contribution < 1.29 is 4.39 Å². The number of aromatic nitrogens is 2. The summed E-state index contributed by atoms with van der Waals surface area (Å²) >= 11 is 3.32. The van der Waals surface area contributed by atoms with Crippen LogP contribution in [-0.4, -0.2) is 15.8 Å². The van der Waals surface area contributed by atoms with Crippen molar-refractivity contribution in [2.45, 2.75) is 46.2 Å². The minimum Gasteiger partial charge on any atom is -0.327 e. The predicted molar refractivity (Wildman–Crippen MR) is 86.9 cm³/mol. The van der Waals surface area contributed by atoms with Crippen LogP contribution >= 0.6 is 15.9 Å². The highest BCUT2D eigenvalue weighted by Gasteiger charge is 2.14. The number of hydrogen-bond donors (Lipinski definition) is 1. The van der Waals surface area contributed by atoms with E-state index in [0.29, 0.717) is 6.54 Å². The van der Waals surface area contributed by atoms with E-state index in [1.165, 1.54) is 11.6 Å². The van der Waals surface area contributed by atoms with Crippen molar-refractivity contribution in [2.75, 3.05) is 0 Å². The van der Waals surface area contributed by atoms with Gasteiger partial charge in [-0.3, -0.25) is 4.68 Å². The molecular weight excluding hydrogens is 333 g/mol. The molecule has 2 rings (SSSR count). The second-order valence-electron chi connectivity index (χ2n) is 5.46. The van der Waals surface area contributed by atoms with Crippen LogP contribution in [0.1, 0.15) is 35.9 Å². The van der Waals surface area contributed by atoms with Gasteiger partial charge in [-0.25, -0.2) is 4.39 Å². The summed E-state index contributed by atoms with van der Waals surface area (Å²) in [7, 11) is 0. The number of rotatable bonds is 5. The fourth-order valence-corrected chi connectivity index (χ4v) is 2.98. The molecule has 0 aliphatic heterocycles. The molecule has 0 aliphatic rings. The number of nitrogens with zero attached hydrogens (tertiary/aromatic N) is 2. The van der Waals surface area contributed by atoms with E-state index in [2.05, 4.69) is 28.0 Å². The molecular formula is C16H21BrFN3. The second-order valence-corrected chi connectivity index (χ2v) is 6.37. The zero-order valence-electron chi connectivity index (χ0n) is 12.7. The molecule has 1 aromatic heterocycles. The van der Waals surface area contributed by atoms with Crippen molar-refractivity contribution in [1.82, 2.24) is 9.78 Å². The van der Waals surface area contributed by atoms with Crippen LogP contribution in [0.3, 0.4) is 0 Å². The lowest BCUT2D eigenvalue weighted by Crippen LogP contribution is -2.22. The average molecular weight is 354 g/mol. The maximum Gasteiger partial charge on any atom is 0.124 e. The molecule has 21 heavy (non-hydrogen) atoms. The first-order chi connectivity index (χ1) is 9.90. The lowest BCUT2D eigenvalue weighted by Gasteiger charge is -2.10. The molecule has 0 aliphatic carbocycles. The van der Waals surface area contributed by atoms with Crippen molar-refractivity contribution in [3.05, 3.63) is 51.0 Å². The van der Waals surface area contributed by atoms with E-state index in [1.807, 2.05) is 24.6 Å². The van der Waals surface area contributed by atoms with Gasteiger partial charge >= 0.3 is 0 Å². The van der Waals surface area contributed by atoms with Crippen LogP contribution in [0, 0.1) is 19.7 Å². The first-order valence-electron chi connectivity index (χ1n) is 7.14. The molecule has 0 fully saturated rings. The van der Waals surface area contributed by atoms with Crippen LogP contribution < -0.4 is 5.73 Å². The highest BCUT2D eigenvalue weighted by molar-refractivity contribution is 9.10. The highest BCUT2D eigenvalue weighted by atomic mass is 79.9. The van der Waals surface area contributed by atoms with E-state index < -0.39 is 0 Å². The summed E-state index contributed by atoms with van der Waals surface area (Å²) < 4.78 is 16.1. The molecule has 0 saturated carbocycles. The smallest absolute Gasteiger partial charge is 0.124 e. The van der Waals surface area contributed by atoms with Gasteiger partial charge < -0.3 is 5.73 Å².